The largest absolute Gasteiger partial charge is 0.469 e. The molecule has 0 amide bonds. The van der Waals surface area contributed by atoms with Gasteiger partial charge in [0.15, 0.2) is 5.82 Å². The fraction of sp³-hybridized carbons (Fsp3) is 0.500. The number of hydrogen-bond donors (Lipinski definition) is 2. The van der Waals surface area contributed by atoms with Gasteiger partial charge in [0.1, 0.15) is 5.69 Å². The van der Waals surface area contributed by atoms with Crippen LogP contribution in [0.4, 0.5) is 11.5 Å². The van der Waals surface area contributed by atoms with Gasteiger partial charge in [0.25, 0.3) is 5.56 Å². The van der Waals surface area contributed by atoms with Crippen LogP contribution in [0.5, 0.6) is 0 Å². The van der Waals surface area contributed by atoms with E-state index < -0.39 is 5.56 Å². The second kappa shape index (κ2) is 5.33. The molecular weight excluding hydrogens is 224 g/mol. The first-order chi connectivity index (χ1) is 7.97. The van der Waals surface area contributed by atoms with Gasteiger partial charge in [-0.25, -0.2) is 4.98 Å². The minimum atomic E-state index is -0.396. The number of aromatic amines is 1. The van der Waals surface area contributed by atoms with Gasteiger partial charge >= 0.3 is 5.97 Å². The minimum absolute atomic E-state index is 0.0343. The molecule has 1 heterocycles. The summed E-state index contributed by atoms with van der Waals surface area (Å²) in [6.07, 6.45) is 1.27. The first-order valence-electron chi connectivity index (χ1n) is 5.09. The first-order valence-corrected chi connectivity index (χ1v) is 5.09. The van der Waals surface area contributed by atoms with Crippen LogP contribution in [0.25, 0.3) is 0 Å². The second-order valence-electron chi connectivity index (χ2n) is 3.77. The summed E-state index contributed by atoms with van der Waals surface area (Å²) in [6.45, 7) is 2.10. The quantitative estimate of drug-likeness (QED) is 0.694. The summed E-state index contributed by atoms with van der Waals surface area (Å²) in [5.74, 6) is -0.296. The van der Waals surface area contributed by atoms with Gasteiger partial charge in [-0.1, -0.05) is 6.92 Å². The number of hydrogen-bond acceptors (Lipinski definition) is 6. The maximum absolute atomic E-state index is 11.3. The Hall–Kier alpha value is -2.05. The van der Waals surface area contributed by atoms with E-state index in [0.717, 1.165) is 0 Å². The van der Waals surface area contributed by atoms with Crippen molar-refractivity contribution in [2.24, 2.45) is 5.92 Å². The van der Waals surface area contributed by atoms with E-state index in [-0.39, 0.29) is 17.6 Å². The molecule has 7 heteroatoms. The number of nitrogens with two attached hydrogens (primary N) is 1. The molecule has 1 aromatic heterocycles. The van der Waals surface area contributed by atoms with Crippen LogP contribution in [0.2, 0.25) is 0 Å². The summed E-state index contributed by atoms with van der Waals surface area (Å²) >= 11 is 0. The molecule has 1 aromatic rings. The number of carbonyl (C=O) groups is 1. The zero-order valence-corrected chi connectivity index (χ0v) is 10.1. The smallest absolute Gasteiger partial charge is 0.310 e. The van der Waals surface area contributed by atoms with Gasteiger partial charge in [-0.05, 0) is 0 Å². The average Bonchev–Trinajstić information content (AvgIpc) is 2.31. The van der Waals surface area contributed by atoms with Crippen molar-refractivity contribution >= 4 is 17.5 Å². The lowest BCUT2D eigenvalue weighted by Crippen LogP contribution is -2.31. The van der Waals surface area contributed by atoms with Crippen molar-refractivity contribution in [1.82, 2.24) is 9.97 Å². The van der Waals surface area contributed by atoms with Crippen LogP contribution in [-0.2, 0) is 9.53 Å². The summed E-state index contributed by atoms with van der Waals surface area (Å²) in [6, 6.07) is 0. The maximum atomic E-state index is 11.3. The molecule has 0 aliphatic rings. The number of carbonyl (C=O) groups excluding carboxylic acids is 1. The number of nitrogen functional groups attached to an aromatic ring is 1. The van der Waals surface area contributed by atoms with Crippen LogP contribution >= 0.6 is 0 Å². The van der Waals surface area contributed by atoms with E-state index in [1.54, 1.807) is 18.9 Å². The topological polar surface area (TPSA) is 101 Å². The zero-order valence-electron chi connectivity index (χ0n) is 10.1. The van der Waals surface area contributed by atoms with Crippen molar-refractivity contribution in [3.63, 3.8) is 0 Å². The van der Waals surface area contributed by atoms with Crippen molar-refractivity contribution in [2.75, 3.05) is 31.3 Å². The number of H-pyrrole nitrogens is 1. The Morgan fingerprint density at radius 1 is 1.71 bits per heavy atom. The molecular formula is C10H16N4O3. The van der Waals surface area contributed by atoms with E-state index >= 15 is 0 Å². The van der Waals surface area contributed by atoms with Crippen molar-refractivity contribution in [3.8, 4) is 0 Å². The van der Waals surface area contributed by atoms with Gasteiger partial charge < -0.3 is 20.4 Å². The van der Waals surface area contributed by atoms with Gasteiger partial charge in [-0.2, -0.15) is 0 Å². The second-order valence-corrected chi connectivity index (χ2v) is 3.77. The molecule has 1 atom stereocenters. The molecule has 0 aliphatic heterocycles. The van der Waals surface area contributed by atoms with E-state index in [4.69, 9.17) is 5.73 Å². The maximum Gasteiger partial charge on any atom is 0.310 e. The molecule has 0 bridgehead atoms. The average molecular weight is 240 g/mol. The highest BCUT2D eigenvalue weighted by molar-refractivity contribution is 5.73. The molecule has 0 saturated carbocycles. The third-order valence-corrected chi connectivity index (χ3v) is 2.38. The summed E-state index contributed by atoms with van der Waals surface area (Å²) in [4.78, 5) is 30.5. The number of rotatable bonds is 4. The van der Waals surface area contributed by atoms with Gasteiger partial charge in [0.2, 0.25) is 0 Å². The Balaban J connectivity index is 2.83. The van der Waals surface area contributed by atoms with E-state index in [1.165, 1.54) is 13.4 Å². The fourth-order valence-electron chi connectivity index (χ4n) is 1.48. The van der Waals surface area contributed by atoms with Crippen molar-refractivity contribution in [3.05, 3.63) is 16.7 Å². The molecule has 0 spiro atoms. The monoisotopic (exact) mass is 240 g/mol. The van der Waals surface area contributed by atoms with E-state index in [0.29, 0.717) is 12.4 Å². The van der Waals surface area contributed by atoms with Gasteiger partial charge in [-0.15, -0.1) is 0 Å². The van der Waals surface area contributed by atoms with Gasteiger partial charge in [0, 0.05) is 13.6 Å². The van der Waals surface area contributed by atoms with Crippen LogP contribution in [0.3, 0.4) is 0 Å². The molecule has 0 radical (unpaired) electrons. The predicted octanol–water partition coefficient (Wildman–Crippen LogP) is -0.403. The van der Waals surface area contributed by atoms with Gasteiger partial charge in [0.05, 0.1) is 19.4 Å². The number of aromatic nitrogens is 2. The Bertz CT molecular complexity index is 457. The highest BCUT2D eigenvalue weighted by Gasteiger charge is 2.18. The molecule has 1 unspecified atom stereocenters. The SMILES string of the molecule is COC(=O)C(C)CN(C)c1nc[nH]c(=O)c1N. The third kappa shape index (κ3) is 2.96. The lowest BCUT2D eigenvalue weighted by atomic mass is 10.2. The molecule has 0 aromatic carbocycles. The van der Waals surface area contributed by atoms with Crippen molar-refractivity contribution < 1.29 is 9.53 Å². The number of ether oxygens (including phenoxy) is 1. The van der Waals surface area contributed by atoms with Crippen LogP contribution in [0.1, 0.15) is 6.92 Å². The van der Waals surface area contributed by atoms with Crippen LogP contribution in [0, 0.1) is 5.92 Å². The summed E-state index contributed by atoms with van der Waals surface area (Å²) < 4.78 is 4.62. The van der Waals surface area contributed by atoms with Crippen LogP contribution in [-0.4, -0.2) is 36.6 Å². The summed E-state index contributed by atoms with van der Waals surface area (Å²) in [5.41, 5.74) is 5.24. The number of nitrogens with zero attached hydrogens (tertiary/aromatic N) is 2. The van der Waals surface area contributed by atoms with E-state index in [9.17, 15) is 9.59 Å². The molecule has 7 nitrogen and oxygen atoms in total. The molecule has 0 fully saturated rings. The summed E-state index contributed by atoms with van der Waals surface area (Å²) in [5, 5.41) is 0. The van der Waals surface area contributed by atoms with Crippen LogP contribution in [0.15, 0.2) is 11.1 Å². The lowest BCUT2D eigenvalue weighted by molar-refractivity contribution is -0.144. The zero-order chi connectivity index (χ0) is 13.0. The van der Waals surface area contributed by atoms with E-state index in [2.05, 4.69) is 14.7 Å². The fourth-order valence-corrected chi connectivity index (χ4v) is 1.48. The highest BCUT2D eigenvalue weighted by Crippen LogP contribution is 2.14. The Morgan fingerprint density at radius 2 is 2.35 bits per heavy atom. The number of esters is 1. The summed E-state index contributed by atoms with van der Waals surface area (Å²) in [7, 11) is 3.04. The van der Waals surface area contributed by atoms with E-state index in [1.807, 2.05) is 0 Å². The van der Waals surface area contributed by atoms with Crippen LogP contribution < -0.4 is 16.2 Å². The molecule has 1 rings (SSSR count). The molecule has 3 N–H and O–H groups in total. The number of anilines is 2. The first kappa shape index (κ1) is 13.0. The molecule has 0 saturated heterocycles. The standard InChI is InChI=1S/C10H16N4O3/c1-6(10(16)17-3)4-14(2)8-7(11)9(15)13-5-12-8/h5-6H,4,11H2,1-3H3,(H,12,13,15). The normalized spacial score (nSPS) is 11.9. The predicted molar refractivity (Wildman–Crippen MR) is 63.7 cm³/mol. The molecule has 17 heavy (non-hydrogen) atoms. The molecule has 94 valence electrons. The number of methoxy groups -OCH3 is 1. The Morgan fingerprint density at radius 3 is 2.94 bits per heavy atom. The van der Waals surface area contributed by atoms with Crippen molar-refractivity contribution in [2.45, 2.75) is 6.92 Å². The van der Waals surface area contributed by atoms with Crippen molar-refractivity contribution in [1.29, 1.82) is 0 Å². The Labute approximate surface area is 98.6 Å². The molecule has 0 aliphatic carbocycles. The highest BCUT2D eigenvalue weighted by atomic mass is 16.5. The Kier molecular flexibility index (Phi) is 4.08. The lowest BCUT2D eigenvalue weighted by Gasteiger charge is -2.21. The minimum Gasteiger partial charge on any atom is -0.469 e. The third-order valence-electron chi connectivity index (χ3n) is 2.38. The number of nitrogens with one attached hydrogen (secondary N) is 1. The van der Waals surface area contributed by atoms with Gasteiger partial charge in [-0.3, -0.25) is 9.59 Å².